The van der Waals surface area contributed by atoms with Crippen LogP contribution < -0.4 is 5.69 Å². The SMILES string of the molecule is CC(C)CC(C(=O)O)n1cn[nH]c1=O. The van der Waals surface area contributed by atoms with Crippen LogP contribution in [0.2, 0.25) is 0 Å². The van der Waals surface area contributed by atoms with Crippen LogP contribution >= 0.6 is 0 Å². The lowest BCUT2D eigenvalue weighted by molar-refractivity contribution is -0.141. The second-order valence-corrected chi connectivity index (χ2v) is 3.55. The highest BCUT2D eigenvalue weighted by Crippen LogP contribution is 2.15. The van der Waals surface area contributed by atoms with E-state index in [0.29, 0.717) is 6.42 Å². The van der Waals surface area contributed by atoms with Gasteiger partial charge in [-0.05, 0) is 12.3 Å². The highest BCUT2D eigenvalue weighted by Gasteiger charge is 2.22. The van der Waals surface area contributed by atoms with Crippen molar-refractivity contribution in [3.05, 3.63) is 16.8 Å². The Morgan fingerprint density at radius 2 is 2.36 bits per heavy atom. The normalized spacial score (nSPS) is 13.1. The smallest absolute Gasteiger partial charge is 0.343 e. The van der Waals surface area contributed by atoms with Gasteiger partial charge < -0.3 is 5.11 Å². The van der Waals surface area contributed by atoms with E-state index in [1.54, 1.807) is 0 Å². The molecule has 0 radical (unpaired) electrons. The van der Waals surface area contributed by atoms with Crippen molar-refractivity contribution in [1.82, 2.24) is 14.8 Å². The zero-order chi connectivity index (χ0) is 10.7. The van der Waals surface area contributed by atoms with Gasteiger partial charge in [0, 0.05) is 0 Å². The van der Waals surface area contributed by atoms with Gasteiger partial charge in [0.15, 0.2) is 0 Å². The maximum absolute atomic E-state index is 11.1. The molecule has 1 rings (SSSR count). The van der Waals surface area contributed by atoms with Gasteiger partial charge in [0.05, 0.1) is 0 Å². The van der Waals surface area contributed by atoms with E-state index in [1.807, 2.05) is 13.8 Å². The molecule has 6 nitrogen and oxygen atoms in total. The van der Waals surface area contributed by atoms with Crippen LogP contribution in [0, 0.1) is 5.92 Å². The van der Waals surface area contributed by atoms with E-state index in [2.05, 4.69) is 10.2 Å². The van der Waals surface area contributed by atoms with Crippen LogP contribution in [0.5, 0.6) is 0 Å². The molecule has 0 amide bonds. The van der Waals surface area contributed by atoms with Crippen LogP contribution in [0.3, 0.4) is 0 Å². The topological polar surface area (TPSA) is 88.0 Å². The molecule has 1 aromatic rings. The minimum absolute atomic E-state index is 0.206. The number of H-pyrrole nitrogens is 1. The summed E-state index contributed by atoms with van der Waals surface area (Å²) in [6.45, 7) is 3.81. The summed E-state index contributed by atoms with van der Waals surface area (Å²) in [4.78, 5) is 22.0. The number of rotatable bonds is 4. The van der Waals surface area contributed by atoms with Crippen LogP contribution in [0.25, 0.3) is 0 Å². The van der Waals surface area contributed by atoms with Gasteiger partial charge in [-0.2, -0.15) is 5.10 Å². The van der Waals surface area contributed by atoms with E-state index in [9.17, 15) is 9.59 Å². The number of carbonyl (C=O) groups is 1. The largest absolute Gasteiger partial charge is 0.480 e. The highest BCUT2D eigenvalue weighted by atomic mass is 16.4. The third-order valence-corrected chi connectivity index (χ3v) is 1.89. The summed E-state index contributed by atoms with van der Waals surface area (Å²) in [7, 11) is 0. The van der Waals surface area contributed by atoms with Gasteiger partial charge in [-0.1, -0.05) is 13.8 Å². The molecule has 0 fully saturated rings. The maximum Gasteiger partial charge on any atom is 0.343 e. The van der Waals surface area contributed by atoms with Gasteiger partial charge in [-0.25, -0.2) is 14.7 Å². The van der Waals surface area contributed by atoms with Gasteiger partial charge >= 0.3 is 11.7 Å². The molecule has 0 aliphatic carbocycles. The summed E-state index contributed by atoms with van der Waals surface area (Å²) in [5, 5.41) is 14.6. The predicted octanol–water partition coefficient (Wildman–Crippen LogP) is 0.243. The standard InChI is InChI=1S/C8H13N3O3/c1-5(2)3-6(7(12)13)11-4-9-10-8(11)14/h4-6H,3H2,1-2H3,(H,10,14)(H,12,13). The quantitative estimate of drug-likeness (QED) is 0.727. The van der Waals surface area contributed by atoms with Gasteiger partial charge in [0.1, 0.15) is 12.4 Å². The Bertz CT molecular complexity index is 366. The molecule has 1 unspecified atom stereocenters. The molecule has 0 saturated heterocycles. The second-order valence-electron chi connectivity index (χ2n) is 3.55. The number of nitrogens with one attached hydrogen (secondary N) is 1. The number of aliphatic carboxylic acids is 1. The van der Waals surface area contributed by atoms with Gasteiger partial charge in [-0.15, -0.1) is 0 Å². The van der Waals surface area contributed by atoms with E-state index in [-0.39, 0.29) is 5.92 Å². The minimum Gasteiger partial charge on any atom is -0.480 e. The third kappa shape index (κ3) is 2.21. The van der Waals surface area contributed by atoms with Crippen molar-refractivity contribution < 1.29 is 9.90 Å². The third-order valence-electron chi connectivity index (χ3n) is 1.89. The molecule has 0 aromatic carbocycles. The Morgan fingerprint density at radius 3 is 2.71 bits per heavy atom. The van der Waals surface area contributed by atoms with Crippen molar-refractivity contribution in [2.24, 2.45) is 5.92 Å². The average molecular weight is 199 g/mol. The molecule has 14 heavy (non-hydrogen) atoms. The molecule has 0 aliphatic rings. The molecule has 0 saturated carbocycles. The molecular weight excluding hydrogens is 186 g/mol. The van der Waals surface area contributed by atoms with Gasteiger partial charge in [0.25, 0.3) is 0 Å². The summed E-state index contributed by atoms with van der Waals surface area (Å²) < 4.78 is 1.10. The Balaban J connectivity index is 2.95. The number of carboxylic acids is 1. The van der Waals surface area contributed by atoms with Crippen LogP contribution in [-0.2, 0) is 4.79 Å². The fourth-order valence-electron chi connectivity index (χ4n) is 1.26. The number of nitrogens with zero attached hydrogens (tertiary/aromatic N) is 2. The van der Waals surface area contributed by atoms with Crippen molar-refractivity contribution in [3.8, 4) is 0 Å². The first-order valence-corrected chi connectivity index (χ1v) is 4.36. The molecule has 1 aromatic heterocycles. The number of aromatic nitrogens is 3. The number of aromatic amines is 1. The lowest BCUT2D eigenvalue weighted by Crippen LogP contribution is -2.28. The summed E-state index contributed by atoms with van der Waals surface area (Å²) in [5.41, 5.74) is -0.488. The van der Waals surface area contributed by atoms with Crippen LogP contribution in [0.1, 0.15) is 26.3 Å². The molecular formula is C8H13N3O3. The van der Waals surface area contributed by atoms with E-state index in [0.717, 1.165) is 4.57 Å². The van der Waals surface area contributed by atoms with E-state index < -0.39 is 17.7 Å². The van der Waals surface area contributed by atoms with Gasteiger partial charge in [-0.3, -0.25) is 4.57 Å². The lowest BCUT2D eigenvalue weighted by atomic mass is 10.0. The Hall–Kier alpha value is -1.59. The predicted molar refractivity (Wildman–Crippen MR) is 49.0 cm³/mol. The Labute approximate surface area is 80.6 Å². The first-order valence-electron chi connectivity index (χ1n) is 4.36. The van der Waals surface area contributed by atoms with E-state index >= 15 is 0 Å². The van der Waals surface area contributed by atoms with Crippen LogP contribution in [0.15, 0.2) is 11.1 Å². The van der Waals surface area contributed by atoms with E-state index in [1.165, 1.54) is 6.33 Å². The molecule has 1 heterocycles. The zero-order valence-corrected chi connectivity index (χ0v) is 8.10. The van der Waals surface area contributed by atoms with Crippen molar-refractivity contribution in [2.75, 3.05) is 0 Å². The first-order chi connectivity index (χ1) is 6.52. The average Bonchev–Trinajstić information content (AvgIpc) is 2.46. The molecule has 2 N–H and O–H groups in total. The molecule has 1 atom stereocenters. The summed E-state index contributed by atoms with van der Waals surface area (Å²) >= 11 is 0. The van der Waals surface area contributed by atoms with Crippen molar-refractivity contribution in [2.45, 2.75) is 26.3 Å². The number of hydrogen-bond donors (Lipinski definition) is 2. The van der Waals surface area contributed by atoms with E-state index in [4.69, 9.17) is 5.11 Å². The van der Waals surface area contributed by atoms with Crippen molar-refractivity contribution in [1.29, 1.82) is 0 Å². The molecule has 78 valence electrons. The van der Waals surface area contributed by atoms with Crippen LogP contribution in [0.4, 0.5) is 0 Å². The zero-order valence-electron chi connectivity index (χ0n) is 8.10. The molecule has 0 aliphatic heterocycles. The minimum atomic E-state index is -1.01. The Morgan fingerprint density at radius 1 is 1.71 bits per heavy atom. The molecule has 6 heteroatoms. The number of carboxylic acid groups (broad SMARTS) is 1. The maximum atomic E-state index is 11.1. The van der Waals surface area contributed by atoms with Crippen molar-refractivity contribution >= 4 is 5.97 Å². The highest BCUT2D eigenvalue weighted by molar-refractivity contribution is 5.71. The Kier molecular flexibility index (Phi) is 3.06. The summed E-state index contributed by atoms with van der Waals surface area (Å²) in [6.07, 6.45) is 1.62. The monoisotopic (exact) mass is 199 g/mol. The summed E-state index contributed by atoms with van der Waals surface area (Å²) in [6, 6.07) is -0.832. The summed E-state index contributed by atoms with van der Waals surface area (Å²) in [5.74, 6) is -0.805. The fourth-order valence-corrected chi connectivity index (χ4v) is 1.26. The van der Waals surface area contributed by atoms with Crippen LogP contribution in [-0.4, -0.2) is 25.8 Å². The molecule has 0 spiro atoms. The lowest BCUT2D eigenvalue weighted by Gasteiger charge is -2.14. The first kappa shape index (κ1) is 10.5. The van der Waals surface area contributed by atoms with Crippen molar-refractivity contribution in [3.63, 3.8) is 0 Å². The second kappa shape index (κ2) is 4.08. The van der Waals surface area contributed by atoms with Gasteiger partial charge in [0.2, 0.25) is 0 Å². The molecule has 0 bridgehead atoms. The fraction of sp³-hybridized carbons (Fsp3) is 0.625. The number of hydrogen-bond acceptors (Lipinski definition) is 3.